The lowest BCUT2D eigenvalue weighted by atomic mass is 9.89. The molecule has 1 aliphatic rings. The second kappa shape index (κ2) is 12.1. The van der Waals surface area contributed by atoms with E-state index in [0.717, 1.165) is 18.8 Å². The Morgan fingerprint density at radius 3 is 2.57 bits per heavy atom. The molecule has 1 heterocycles. The van der Waals surface area contributed by atoms with E-state index < -0.39 is 6.04 Å². The van der Waals surface area contributed by atoms with Crippen LogP contribution < -0.4 is 5.73 Å². The van der Waals surface area contributed by atoms with E-state index in [9.17, 15) is 4.79 Å². The van der Waals surface area contributed by atoms with Crippen molar-refractivity contribution in [1.82, 2.24) is 14.5 Å². The maximum Gasteiger partial charge on any atom is 0.239 e. The van der Waals surface area contributed by atoms with Crippen LogP contribution in [0, 0.1) is 5.92 Å². The first-order valence-corrected chi connectivity index (χ1v) is 9.67. The van der Waals surface area contributed by atoms with Gasteiger partial charge in [-0.2, -0.15) is 0 Å². The maximum atomic E-state index is 12.6. The fourth-order valence-electron chi connectivity index (χ4n) is 3.84. The topological polar surface area (TPSA) is 64.2 Å². The van der Waals surface area contributed by atoms with Gasteiger partial charge in [-0.05, 0) is 24.3 Å². The van der Waals surface area contributed by atoms with Crippen LogP contribution in [0.25, 0.3) is 0 Å². The molecule has 1 aromatic heterocycles. The van der Waals surface area contributed by atoms with Crippen molar-refractivity contribution in [3.05, 3.63) is 54.1 Å². The molecule has 2 N–H and O–H groups in total. The number of aromatic nitrogens is 2. The van der Waals surface area contributed by atoms with E-state index in [1.165, 1.54) is 37.7 Å². The van der Waals surface area contributed by atoms with Crippen molar-refractivity contribution >= 4 is 30.7 Å². The van der Waals surface area contributed by atoms with Crippen molar-refractivity contribution in [2.45, 2.75) is 51.1 Å². The zero-order valence-electron chi connectivity index (χ0n) is 16.5. The van der Waals surface area contributed by atoms with Gasteiger partial charge in [0.25, 0.3) is 0 Å². The molecule has 0 spiro atoms. The van der Waals surface area contributed by atoms with Gasteiger partial charge in [-0.15, -0.1) is 24.8 Å². The summed E-state index contributed by atoms with van der Waals surface area (Å²) in [6.45, 7) is 1.60. The van der Waals surface area contributed by atoms with E-state index in [1.54, 1.807) is 0 Å². The predicted molar refractivity (Wildman–Crippen MR) is 118 cm³/mol. The molecule has 1 aliphatic carbocycles. The molecular weight excluding hydrogens is 395 g/mol. The number of likely N-dealkylation sites (N-methyl/N-ethyl adjacent to an activating group) is 1. The highest BCUT2D eigenvalue weighted by Gasteiger charge is 2.23. The molecule has 1 atom stereocenters. The van der Waals surface area contributed by atoms with Gasteiger partial charge in [0.1, 0.15) is 0 Å². The molecule has 156 valence electrons. The van der Waals surface area contributed by atoms with Crippen LogP contribution in [-0.2, 0) is 17.8 Å². The summed E-state index contributed by atoms with van der Waals surface area (Å²) in [5, 5.41) is 0. The number of carbonyl (C=O) groups excluding carboxylic acids is 1. The summed E-state index contributed by atoms with van der Waals surface area (Å²) in [6.07, 6.45) is 10.7. The Morgan fingerprint density at radius 2 is 1.89 bits per heavy atom. The van der Waals surface area contributed by atoms with E-state index in [4.69, 9.17) is 5.73 Å². The van der Waals surface area contributed by atoms with E-state index >= 15 is 0 Å². The standard InChI is InChI=1S/C21H30N4O.2ClH/c1-24(13-17-8-4-2-5-9-17)21(26)20(22)12-19-15-25(16-23-19)14-18-10-6-3-7-11-18;;/h3,6-7,10-11,15-17,20H,2,4-5,8-9,12-14,22H2,1H3;2*1H/t20-;;/m0../s1. The van der Waals surface area contributed by atoms with Gasteiger partial charge in [0.2, 0.25) is 5.91 Å². The van der Waals surface area contributed by atoms with E-state index in [0.29, 0.717) is 12.3 Å². The maximum absolute atomic E-state index is 12.6. The van der Waals surface area contributed by atoms with Crippen LogP contribution in [0.5, 0.6) is 0 Å². The number of rotatable bonds is 7. The van der Waals surface area contributed by atoms with Crippen molar-refractivity contribution in [3.8, 4) is 0 Å². The first kappa shape index (κ1) is 24.5. The van der Waals surface area contributed by atoms with Crippen molar-refractivity contribution in [1.29, 1.82) is 0 Å². The molecule has 1 fully saturated rings. The van der Waals surface area contributed by atoms with Crippen LogP contribution in [0.15, 0.2) is 42.9 Å². The van der Waals surface area contributed by atoms with Crippen molar-refractivity contribution in [3.63, 3.8) is 0 Å². The number of halogens is 2. The molecule has 1 amide bonds. The lowest BCUT2D eigenvalue weighted by molar-refractivity contribution is -0.132. The van der Waals surface area contributed by atoms with Crippen molar-refractivity contribution in [2.75, 3.05) is 13.6 Å². The second-order valence-corrected chi connectivity index (χ2v) is 7.56. The second-order valence-electron chi connectivity index (χ2n) is 7.56. The summed E-state index contributed by atoms with van der Waals surface area (Å²) >= 11 is 0. The van der Waals surface area contributed by atoms with E-state index in [-0.39, 0.29) is 30.7 Å². The molecule has 7 heteroatoms. The highest BCUT2D eigenvalue weighted by atomic mass is 35.5. The van der Waals surface area contributed by atoms with Crippen molar-refractivity contribution in [2.24, 2.45) is 11.7 Å². The lowest BCUT2D eigenvalue weighted by Crippen LogP contribution is -2.45. The quantitative estimate of drug-likeness (QED) is 0.733. The van der Waals surface area contributed by atoms with Gasteiger partial charge in [-0.25, -0.2) is 4.98 Å². The van der Waals surface area contributed by atoms with Gasteiger partial charge in [0.15, 0.2) is 0 Å². The molecule has 3 rings (SSSR count). The number of benzene rings is 1. The molecule has 2 aromatic rings. The summed E-state index contributed by atoms with van der Waals surface area (Å²) in [4.78, 5) is 18.8. The molecule has 5 nitrogen and oxygen atoms in total. The normalized spacial score (nSPS) is 15.2. The van der Waals surface area contributed by atoms with Gasteiger partial charge >= 0.3 is 0 Å². The number of amides is 1. The third kappa shape index (κ3) is 7.12. The van der Waals surface area contributed by atoms with Gasteiger partial charge < -0.3 is 15.2 Å². The predicted octanol–water partition coefficient (Wildman–Crippen LogP) is 3.68. The van der Waals surface area contributed by atoms with Crippen LogP contribution in [0.1, 0.15) is 43.4 Å². The zero-order valence-corrected chi connectivity index (χ0v) is 18.1. The Balaban J connectivity index is 0.00000196. The highest BCUT2D eigenvalue weighted by molar-refractivity contribution is 5.85. The molecule has 1 aromatic carbocycles. The van der Waals surface area contributed by atoms with Crippen LogP contribution in [0.4, 0.5) is 0 Å². The average Bonchev–Trinajstić information content (AvgIpc) is 3.09. The Labute approximate surface area is 180 Å². The number of imidazole rings is 1. The van der Waals surface area contributed by atoms with Gasteiger partial charge in [-0.1, -0.05) is 49.6 Å². The first-order valence-electron chi connectivity index (χ1n) is 9.67. The Hall–Kier alpha value is -1.56. The van der Waals surface area contributed by atoms with Gasteiger partial charge in [0.05, 0.1) is 18.1 Å². The summed E-state index contributed by atoms with van der Waals surface area (Å²) in [5.41, 5.74) is 8.27. The molecule has 0 aliphatic heterocycles. The van der Waals surface area contributed by atoms with Crippen molar-refractivity contribution < 1.29 is 4.79 Å². The first-order chi connectivity index (χ1) is 12.6. The summed E-state index contributed by atoms with van der Waals surface area (Å²) < 4.78 is 2.04. The fraction of sp³-hybridized carbons (Fsp3) is 0.524. The fourth-order valence-corrected chi connectivity index (χ4v) is 3.84. The number of hydrogen-bond donors (Lipinski definition) is 1. The Bertz CT molecular complexity index is 701. The third-order valence-corrected chi connectivity index (χ3v) is 5.27. The molecule has 28 heavy (non-hydrogen) atoms. The van der Waals surface area contributed by atoms with E-state index in [1.807, 2.05) is 47.2 Å². The SMILES string of the molecule is CN(CC1CCCCC1)C(=O)[C@@H](N)Cc1cn(Cc2ccccc2)cn1.Cl.Cl. The smallest absolute Gasteiger partial charge is 0.239 e. The van der Waals surface area contributed by atoms with Crippen LogP contribution in [0.2, 0.25) is 0 Å². The summed E-state index contributed by atoms with van der Waals surface area (Å²) in [7, 11) is 1.88. The number of hydrogen-bond acceptors (Lipinski definition) is 3. The molecule has 0 saturated heterocycles. The third-order valence-electron chi connectivity index (χ3n) is 5.27. The number of nitrogens with two attached hydrogens (primary N) is 1. The minimum absolute atomic E-state index is 0. The average molecular weight is 427 g/mol. The monoisotopic (exact) mass is 426 g/mol. The molecule has 0 bridgehead atoms. The van der Waals surface area contributed by atoms with Crippen LogP contribution in [-0.4, -0.2) is 40.0 Å². The summed E-state index contributed by atoms with van der Waals surface area (Å²) in [5.74, 6) is 0.656. The minimum atomic E-state index is -0.524. The summed E-state index contributed by atoms with van der Waals surface area (Å²) in [6, 6.07) is 9.73. The number of nitrogens with zero attached hydrogens (tertiary/aromatic N) is 3. The minimum Gasteiger partial charge on any atom is -0.344 e. The lowest BCUT2D eigenvalue weighted by Gasteiger charge is -2.28. The largest absolute Gasteiger partial charge is 0.344 e. The van der Waals surface area contributed by atoms with Gasteiger partial charge in [-0.3, -0.25) is 4.79 Å². The van der Waals surface area contributed by atoms with E-state index in [2.05, 4.69) is 17.1 Å². The molecule has 0 radical (unpaired) electrons. The molecule has 1 saturated carbocycles. The Kier molecular flexibility index (Phi) is 10.6. The van der Waals surface area contributed by atoms with Crippen LogP contribution >= 0.6 is 24.8 Å². The van der Waals surface area contributed by atoms with Crippen LogP contribution in [0.3, 0.4) is 0 Å². The molecule has 0 unspecified atom stereocenters. The Morgan fingerprint density at radius 1 is 1.21 bits per heavy atom. The number of carbonyl (C=O) groups is 1. The molecular formula is C21H32Cl2N4O. The van der Waals surface area contributed by atoms with Gasteiger partial charge in [0, 0.05) is 32.8 Å². The zero-order chi connectivity index (χ0) is 18.4. The highest BCUT2D eigenvalue weighted by Crippen LogP contribution is 2.24.